The van der Waals surface area contributed by atoms with Crippen LogP contribution in [0.3, 0.4) is 0 Å². The molecule has 2 heterocycles. The minimum absolute atomic E-state index is 0.00942. The molecule has 1 unspecified atom stereocenters. The predicted molar refractivity (Wildman–Crippen MR) is 78.3 cm³/mol. The summed E-state index contributed by atoms with van der Waals surface area (Å²) in [6.45, 7) is 1.12. The number of amides is 2. The molecular formula is C12H17ClN4O3S. The zero-order valence-corrected chi connectivity index (χ0v) is 12.9. The van der Waals surface area contributed by atoms with Crippen LogP contribution in [0.2, 0.25) is 5.15 Å². The molecule has 0 spiro atoms. The maximum absolute atomic E-state index is 12.6. The van der Waals surface area contributed by atoms with Gasteiger partial charge in [0.25, 0.3) is 0 Å². The molecule has 2 amide bonds. The number of hydrogen-bond acceptors (Lipinski definition) is 4. The van der Waals surface area contributed by atoms with Crippen molar-refractivity contribution in [1.29, 1.82) is 0 Å². The molecule has 1 aliphatic heterocycles. The van der Waals surface area contributed by atoms with Crippen LogP contribution < -0.4 is 11.1 Å². The highest BCUT2D eigenvalue weighted by Gasteiger charge is 2.31. The lowest BCUT2D eigenvalue weighted by Gasteiger charge is -2.31. The lowest BCUT2D eigenvalue weighted by atomic mass is 10.00. The highest BCUT2D eigenvalue weighted by molar-refractivity contribution is 7.89. The van der Waals surface area contributed by atoms with Crippen LogP contribution in [0.1, 0.15) is 12.8 Å². The largest absolute Gasteiger partial charge is 0.352 e. The van der Waals surface area contributed by atoms with Gasteiger partial charge in [-0.25, -0.2) is 18.2 Å². The summed E-state index contributed by atoms with van der Waals surface area (Å²) < 4.78 is 26.5. The summed E-state index contributed by atoms with van der Waals surface area (Å²) >= 11 is 5.88. The Labute approximate surface area is 128 Å². The second-order valence-electron chi connectivity index (χ2n) is 4.91. The minimum atomic E-state index is -3.67. The van der Waals surface area contributed by atoms with Gasteiger partial charge in [0.1, 0.15) is 10.0 Å². The molecule has 0 aromatic carbocycles. The van der Waals surface area contributed by atoms with Crippen molar-refractivity contribution in [2.24, 2.45) is 11.7 Å². The monoisotopic (exact) mass is 332 g/mol. The van der Waals surface area contributed by atoms with E-state index >= 15 is 0 Å². The van der Waals surface area contributed by atoms with Crippen molar-refractivity contribution in [2.45, 2.75) is 17.7 Å². The van der Waals surface area contributed by atoms with E-state index in [0.29, 0.717) is 19.6 Å². The first-order chi connectivity index (χ1) is 9.91. The number of nitrogens with one attached hydrogen (secondary N) is 1. The summed E-state index contributed by atoms with van der Waals surface area (Å²) in [7, 11) is -3.67. The van der Waals surface area contributed by atoms with Crippen molar-refractivity contribution >= 4 is 27.7 Å². The van der Waals surface area contributed by atoms with Crippen molar-refractivity contribution < 1.29 is 13.2 Å². The Balaban J connectivity index is 2.13. The molecule has 1 fully saturated rings. The van der Waals surface area contributed by atoms with Gasteiger partial charge >= 0.3 is 6.03 Å². The second-order valence-corrected chi connectivity index (χ2v) is 7.17. The molecule has 1 atom stereocenters. The summed E-state index contributed by atoms with van der Waals surface area (Å²) in [4.78, 5) is 14.6. The number of urea groups is 1. The molecular weight excluding hydrogens is 316 g/mol. The first kappa shape index (κ1) is 16.0. The van der Waals surface area contributed by atoms with Crippen molar-refractivity contribution in [2.75, 3.05) is 19.6 Å². The third-order valence-corrected chi connectivity index (χ3v) is 5.70. The number of aromatic nitrogens is 1. The molecule has 1 saturated heterocycles. The minimum Gasteiger partial charge on any atom is -0.352 e. The third-order valence-electron chi connectivity index (χ3n) is 3.39. The molecule has 0 aliphatic carbocycles. The van der Waals surface area contributed by atoms with E-state index in [1.54, 1.807) is 0 Å². The van der Waals surface area contributed by atoms with Crippen LogP contribution in [-0.2, 0) is 10.0 Å². The topological polar surface area (TPSA) is 105 Å². The van der Waals surface area contributed by atoms with Crippen LogP contribution in [-0.4, -0.2) is 43.4 Å². The predicted octanol–water partition coefficient (Wildman–Crippen LogP) is 0.804. The Kier molecular flexibility index (Phi) is 5.02. The molecule has 1 aromatic rings. The van der Waals surface area contributed by atoms with Gasteiger partial charge in [0.2, 0.25) is 10.0 Å². The normalized spacial score (nSPS) is 20.1. The molecule has 21 heavy (non-hydrogen) atoms. The smallest absolute Gasteiger partial charge is 0.312 e. The Hall–Kier alpha value is -1.38. The van der Waals surface area contributed by atoms with E-state index in [1.165, 1.54) is 22.6 Å². The van der Waals surface area contributed by atoms with Gasteiger partial charge in [-0.15, -0.1) is 0 Å². The maximum atomic E-state index is 12.6. The van der Waals surface area contributed by atoms with Crippen LogP contribution in [0.4, 0.5) is 4.79 Å². The number of rotatable bonds is 4. The zero-order chi connectivity index (χ0) is 15.5. The zero-order valence-electron chi connectivity index (χ0n) is 11.3. The molecule has 0 radical (unpaired) electrons. The first-order valence-corrected chi connectivity index (χ1v) is 8.37. The standard InChI is InChI=1S/C12H17ClN4O3S/c13-11-10(4-1-5-15-11)21(19,20)17-6-2-3-9(8-17)7-16-12(14)18/h1,4-5,9H,2-3,6-8H2,(H3,14,16,18). The SMILES string of the molecule is NC(=O)NCC1CCCN(S(=O)(=O)c2cccnc2Cl)C1. The number of piperidine rings is 1. The summed E-state index contributed by atoms with van der Waals surface area (Å²) in [6, 6.07) is 2.37. The van der Waals surface area contributed by atoms with E-state index in [2.05, 4.69) is 10.3 Å². The van der Waals surface area contributed by atoms with Crippen LogP contribution >= 0.6 is 11.6 Å². The van der Waals surface area contributed by atoms with Gasteiger partial charge in [-0.1, -0.05) is 11.6 Å². The molecule has 1 aliphatic rings. The van der Waals surface area contributed by atoms with Crippen LogP contribution in [0, 0.1) is 5.92 Å². The van der Waals surface area contributed by atoms with Gasteiger partial charge in [0.15, 0.2) is 0 Å². The molecule has 9 heteroatoms. The number of pyridine rings is 1. The molecule has 7 nitrogen and oxygen atoms in total. The Morgan fingerprint density at radius 2 is 2.33 bits per heavy atom. The lowest BCUT2D eigenvalue weighted by molar-refractivity contribution is 0.236. The van der Waals surface area contributed by atoms with E-state index in [0.717, 1.165) is 12.8 Å². The van der Waals surface area contributed by atoms with Crippen molar-refractivity contribution in [1.82, 2.24) is 14.6 Å². The Morgan fingerprint density at radius 3 is 3.00 bits per heavy atom. The van der Waals surface area contributed by atoms with Crippen LogP contribution in [0.5, 0.6) is 0 Å². The number of primary amides is 1. The quantitative estimate of drug-likeness (QED) is 0.795. The number of halogens is 1. The van der Waals surface area contributed by atoms with Gasteiger partial charge in [0.05, 0.1) is 0 Å². The third kappa shape index (κ3) is 3.84. The number of carbonyl (C=O) groups is 1. The average Bonchev–Trinajstić information content (AvgIpc) is 2.45. The highest BCUT2D eigenvalue weighted by atomic mass is 35.5. The van der Waals surface area contributed by atoms with Crippen molar-refractivity contribution in [3.05, 3.63) is 23.5 Å². The molecule has 116 valence electrons. The molecule has 0 bridgehead atoms. The van der Waals surface area contributed by atoms with E-state index in [9.17, 15) is 13.2 Å². The van der Waals surface area contributed by atoms with Gasteiger partial charge in [-0.3, -0.25) is 0 Å². The van der Waals surface area contributed by atoms with Crippen molar-refractivity contribution in [3.63, 3.8) is 0 Å². The highest BCUT2D eigenvalue weighted by Crippen LogP contribution is 2.26. The Bertz CT molecular complexity index is 623. The number of nitrogens with two attached hydrogens (primary N) is 1. The summed E-state index contributed by atoms with van der Waals surface area (Å²) in [5, 5.41) is 2.48. The van der Waals surface area contributed by atoms with E-state index in [-0.39, 0.29) is 16.0 Å². The molecule has 3 N–H and O–H groups in total. The summed E-state index contributed by atoms with van der Waals surface area (Å²) in [5.41, 5.74) is 5.03. The lowest BCUT2D eigenvalue weighted by Crippen LogP contribution is -2.44. The molecule has 2 rings (SSSR count). The fourth-order valence-electron chi connectivity index (χ4n) is 2.36. The average molecular weight is 333 g/mol. The van der Waals surface area contributed by atoms with Gasteiger partial charge in [0, 0.05) is 25.8 Å². The van der Waals surface area contributed by atoms with E-state index in [4.69, 9.17) is 17.3 Å². The first-order valence-electron chi connectivity index (χ1n) is 6.55. The molecule has 1 aromatic heterocycles. The van der Waals surface area contributed by atoms with Crippen molar-refractivity contribution in [3.8, 4) is 0 Å². The number of sulfonamides is 1. The van der Waals surface area contributed by atoms with E-state index < -0.39 is 16.1 Å². The maximum Gasteiger partial charge on any atom is 0.312 e. The number of nitrogens with zero attached hydrogens (tertiary/aromatic N) is 2. The van der Waals surface area contributed by atoms with Crippen LogP contribution in [0.15, 0.2) is 23.2 Å². The van der Waals surface area contributed by atoms with E-state index in [1.807, 2.05) is 0 Å². The number of hydrogen-bond donors (Lipinski definition) is 2. The summed E-state index contributed by atoms with van der Waals surface area (Å²) in [6.07, 6.45) is 3.01. The second kappa shape index (κ2) is 6.59. The number of carbonyl (C=O) groups excluding carboxylic acids is 1. The van der Waals surface area contributed by atoms with Gasteiger partial charge in [-0.2, -0.15) is 4.31 Å². The van der Waals surface area contributed by atoms with Gasteiger partial charge < -0.3 is 11.1 Å². The molecule has 0 saturated carbocycles. The Morgan fingerprint density at radius 1 is 1.57 bits per heavy atom. The summed E-state index contributed by atoms with van der Waals surface area (Å²) in [5.74, 6) is 0.0384. The van der Waals surface area contributed by atoms with Gasteiger partial charge in [-0.05, 0) is 30.9 Å². The fraction of sp³-hybridized carbons (Fsp3) is 0.500. The van der Waals surface area contributed by atoms with Crippen LogP contribution in [0.25, 0.3) is 0 Å². The fourth-order valence-corrected chi connectivity index (χ4v) is 4.34.